The molecule has 2 N–H and O–H groups in total. The van der Waals surface area contributed by atoms with Crippen molar-refractivity contribution in [1.82, 2.24) is 15.4 Å². The topological polar surface area (TPSA) is 87.7 Å². The van der Waals surface area contributed by atoms with Gasteiger partial charge in [-0.3, -0.25) is 19.3 Å². The van der Waals surface area contributed by atoms with Gasteiger partial charge in [-0.25, -0.2) is 0 Å². The molecule has 1 heterocycles. The second kappa shape index (κ2) is 11.4. The maximum Gasteiger partial charge on any atom is 0.253 e. The molecule has 7 nitrogen and oxygen atoms in total. The SMILES string of the molecule is CCC[B]NCCC(C)(C)OCCC(C)(C)NC(=O)CCN1C(=O)C=CC1=O. The van der Waals surface area contributed by atoms with Crippen molar-refractivity contribution in [3.8, 4) is 0 Å². The molecule has 0 spiro atoms. The summed E-state index contributed by atoms with van der Waals surface area (Å²) in [6, 6.07) is 0. The lowest BCUT2D eigenvalue weighted by Gasteiger charge is -2.30. The molecule has 0 bridgehead atoms. The summed E-state index contributed by atoms with van der Waals surface area (Å²) in [5, 5.41) is 6.26. The molecule has 3 amide bonds. The van der Waals surface area contributed by atoms with Gasteiger partial charge in [0, 0.05) is 37.3 Å². The molecule has 1 aliphatic rings. The molecule has 8 heteroatoms. The van der Waals surface area contributed by atoms with Crippen LogP contribution in [0.1, 0.15) is 60.3 Å². The van der Waals surface area contributed by atoms with E-state index >= 15 is 0 Å². The van der Waals surface area contributed by atoms with Crippen molar-refractivity contribution in [3.05, 3.63) is 12.2 Å². The first-order valence-electron chi connectivity index (χ1n) is 10.1. The smallest absolute Gasteiger partial charge is 0.253 e. The molecule has 0 aromatic carbocycles. The summed E-state index contributed by atoms with van der Waals surface area (Å²) in [6.45, 7) is 11.7. The maximum absolute atomic E-state index is 12.2. The summed E-state index contributed by atoms with van der Waals surface area (Å²) < 4.78 is 6.01. The monoisotopic (exact) mass is 392 g/mol. The normalized spacial score (nSPS) is 14.7. The summed E-state index contributed by atoms with van der Waals surface area (Å²) in [7, 11) is 2.09. The molecule has 0 saturated heterocycles. The van der Waals surface area contributed by atoms with Crippen LogP contribution in [0.5, 0.6) is 0 Å². The van der Waals surface area contributed by atoms with E-state index in [9.17, 15) is 14.4 Å². The van der Waals surface area contributed by atoms with Gasteiger partial charge in [0.2, 0.25) is 13.3 Å². The highest BCUT2D eigenvalue weighted by atomic mass is 16.5. The van der Waals surface area contributed by atoms with Crippen molar-refractivity contribution in [3.63, 3.8) is 0 Å². The van der Waals surface area contributed by atoms with Crippen LogP contribution < -0.4 is 10.5 Å². The number of hydrogen-bond donors (Lipinski definition) is 2. The van der Waals surface area contributed by atoms with Crippen LogP contribution in [0.3, 0.4) is 0 Å². The van der Waals surface area contributed by atoms with E-state index in [1.54, 1.807) is 0 Å². The Hall–Kier alpha value is -1.67. The van der Waals surface area contributed by atoms with Crippen LogP contribution in [0.4, 0.5) is 0 Å². The quantitative estimate of drug-likeness (QED) is 0.267. The number of nitrogens with one attached hydrogen (secondary N) is 2. The van der Waals surface area contributed by atoms with E-state index in [4.69, 9.17) is 4.74 Å². The lowest BCUT2D eigenvalue weighted by molar-refractivity contribution is -0.137. The Labute approximate surface area is 169 Å². The molecule has 1 radical (unpaired) electrons. The zero-order chi connectivity index (χ0) is 21.2. The zero-order valence-corrected chi connectivity index (χ0v) is 18.0. The first-order valence-corrected chi connectivity index (χ1v) is 10.1. The summed E-state index contributed by atoms with van der Waals surface area (Å²) >= 11 is 0. The van der Waals surface area contributed by atoms with E-state index < -0.39 is 5.54 Å². The molecule has 1 aliphatic heterocycles. The first-order chi connectivity index (χ1) is 13.1. The highest BCUT2D eigenvalue weighted by molar-refractivity contribution is 6.31. The molecule has 28 heavy (non-hydrogen) atoms. The Morgan fingerprint density at radius 2 is 1.79 bits per heavy atom. The Balaban J connectivity index is 2.26. The van der Waals surface area contributed by atoms with Crippen LogP contribution >= 0.6 is 0 Å². The molecule has 0 saturated carbocycles. The standard InChI is InChI=1S/C20H35BN3O4/c1-6-12-21-22-13-10-20(4,5)28-15-11-19(2,3)23-16(25)9-14-24-17(26)7-8-18(24)27/h7-8,22H,6,9-15H2,1-5H3,(H,23,25). The van der Waals surface area contributed by atoms with E-state index in [0.717, 1.165) is 30.6 Å². The lowest BCUT2D eigenvalue weighted by atomic mass is 9.87. The minimum Gasteiger partial charge on any atom is -0.375 e. The third kappa shape index (κ3) is 9.51. The fourth-order valence-electron chi connectivity index (χ4n) is 2.74. The van der Waals surface area contributed by atoms with Crippen molar-refractivity contribution in [2.45, 2.75) is 77.8 Å². The summed E-state index contributed by atoms with van der Waals surface area (Å²) in [5.41, 5.74) is -0.672. The second-order valence-electron chi connectivity index (χ2n) is 8.40. The number of carbonyl (C=O) groups excluding carboxylic acids is 3. The average molecular weight is 392 g/mol. The number of hydrogen-bond acceptors (Lipinski definition) is 5. The number of ether oxygens (including phenoxy) is 1. The molecular formula is C20H35BN3O4. The van der Waals surface area contributed by atoms with Gasteiger partial charge in [0.05, 0.1) is 5.60 Å². The summed E-state index contributed by atoms with van der Waals surface area (Å²) in [5.74, 6) is -0.920. The van der Waals surface area contributed by atoms with Crippen LogP contribution in [-0.4, -0.2) is 60.9 Å². The number of carbonyl (C=O) groups is 3. The largest absolute Gasteiger partial charge is 0.375 e. The van der Waals surface area contributed by atoms with Crippen molar-refractivity contribution >= 4 is 25.1 Å². The number of rotatable bonds is 14. The van der Waals surface area contributed by atoms with Crippen LogP contribution in [-0.2, 0) is 19.1 Å². The van der Waals surface area contributed by atoms with Gasteiger partial charge >= 0.3 is 0 Å². The number of imide groups is 1. The Morgan fingerprint density at radius 1 is 1.14 bits per heavy atom. The highest BCUT2D eigenvalue weighted by Gasteiger charge is 2.26. The fraction of sp³-hybridized carbons (Fsp3) is 0.750. The molecule has 0 unspecified atom stereocenters. The highest BCUT2D eigenvalue weighted by Crippen LogP contribution is 2.17. The minimum absolute atomic E-state index is 0.0921. The second-order valence-corrected chi connectivity index (χ2v) is 8.40. The van der Waals surface area contributed by atoms with Gasteiger partial charge in [0.1, 0.15) is 0 Å². The van der Waals surface area contributed by atoms with E-state index in [1.807, 2.05) is 13.8 Å². The average Bonchev–Trinajstić information content (AvgIpc) is 2.90. The van der Waals surface area contributed by atoms with Crippen LogP contribution in [0.2, 0.25) is 6.32 Å². The number of amides is 3. The number of nitrogens with zero attached hydrogens (tertiary/aromatic N) is 1. The van der Waals surface area contributed by atoms with Crippen LogP contribution in [0.25, 0.3) is 0 Å². The van der Waals surface area contributed by atoms with Crippen LogP contribution in [0.15, 0.2) is 12.2 Å². The van der Waals surface area contributed by atoms with Gasteiger partial charge < -0.3 is 15.3 Å². The Bertz CT molecular complexity index is 558. The van der Waals surface area contributed by atoms with Gasteiger partial charge in [-0.2, -0.15) is 0 Å². The molecule has 157 valence electrons. The first kappa shape index (κ1) is 24.4. The zero-order valence-electron chi connectivity index (χ0n) is 18.0. The molecule has 0 aromatic heterocycles. The predicted molar refractivity (Wildman–Crippen MR) is 111 cm³/mol. The van der Waals surface area contributed by atoms with E-state index in [2.05, 4.69) is 38.7 Å². The molecule has 1 rings (SSSR count). The van der Waals surface area contributed by atoms with Crippen molar-refractivity contribution in [1.29, 1.82) is 0 Å². The van der Waals surface area contributed by atoms with Crippen molar-refractivity contribution in [2.75, 3.05) is 19.7 Å². The van der Waals surface area contributed by atoms with Gasteiger partial charge in [0.15, 0.2) is 0 Å². The van der Waals surface area contributed by atoms with Gasteiger partial charge in [-0.05, 0) is 47.1 Å². The molecule has 0 atom stereocenters. The lowest BCUT2D eigenvalue weighted by Crippen LogP contribution is -2.46. The maximum atomic E-state index is 12.2. The van der Waals surface area contributed by atoms with E-state index in [0.29, 0.717) is 13.0 Å². The van der Waals surface area contributed by atoms with E-state index in [1.165, 1.54) is 12.2 Å². The summed E-state index contributed by atoms with van der Waals surface area (Å²) in [4.78, 5) is 36.3. The van der Waals surface area contributed by atoms with Gasteiger partial charge in [-0.1, -0.05) is 19.7 Å². The fourth-order valence-corrected chi connectivity index (χ4v) is 2.74. The Kier molecular flexibility index (Phi) is 9.89. The van der Waals surface area contributed by atoms with Gasteiger partial charge in [0.25, 0.3) is 11.8 Å². The molecule has 0 aliphatic carbocycles. The third-order valence-corrected chi connectivity index (χ3v) is 4.61. The third-order valence-electron chi connectivity index (χ3n) is 4.61. The van der Waals surface area contributed by atoms with E-state index in [-0.39, 0.29) is 36.3 Å². The van der Waals surface area contributed by atoms with Gasteiger partial charge in [-0.15, -0.1) is 0 Å². The minimum atomic E-state index is -0.433. The molecule has 0 aromatic rings. The molecule has 0 fully saturated rings. The predicted octanol–water partition coefficient (Wildman–Crippen LogP) is 1.81. The van der Waals surface area contributed by atoms with Crippen LogP contribution in [0, 0.1) is 0 Å². The summed E-state index contributed by atoms with van der Waals surface area (Å²) in [6.07, 6.45) is 6.30. The molecular weight excluding hydrogens is 357 g/mol. The van der Waals surface area contributed by atoms with Crippen molar-refractivity contribution < 1.29 is 19.1 Å². The van der Waals surface area contributed by atoms with Crippen molar-refractivity contribution in [2.24, 2.45) is 0 Å². The Morgan fingerprint density at radius 3 is 2.39 bits per heavy atom.